The van der Waals surface area contributed by atoms with Gasteiger partial charge in [-0.15, -0.1) is 0 Å². The Kier molecular flexibility index (Phi) is 9.78. The van der Waals surface area contributed by atoms with Crippen LogP contribution < -0.4 is 0 Å². The number of aromatic hydroxyl groups is 1. The van der Waals surface area contributed by atoms with Gasteiger partial charge >= 0.3 is 0 Å². The predicted octanol–water partition coefficient (Wildman–Crippen LogP) is 1.12. The Morgan fingerprint density at radius 1 is 1.10 bits per heavy atom. The van der Waals surface area contributed by atoms with Gasteiger partial charge < -0.3 is 9.90 Å². The summed E-state index contributed by atoms with van der Waals surface area (Å²) in [7, 11) is 0. The molecule has 3 heteroatoms. The van der Waals surface area contributed by atoms with Crippen molar-refractivity contribution in [2.24, 2.45) is 0 Å². The van der Waals surface area contributed by atoms with Gasteiger partial charge in [-0.05, 0) is 12.1 Å². The normalized spacial score (nSPS) is 6.40. The molecule has 0 spiro atoms. The van der Waals surface area contributed by atoms with Crippen LogP contribution in [0.5, 0.6) is 5.75 Å². The summed E-state index contributed by atoms with van der Waals surface area (Å²) in [6, 6.07) is 8.71. The van der Waals surface area contributed by atoms with E-state index in [1.54, 1.807) is 24.3 Å². The molecule has 1 aromatic carbocycles. The number of benzene rings is 1. The third-order valence-electron chi connectivity index (χ3n) is 0.756. The molecule has 57 valence electrons. The quantitative estimate of drug-likeness (QED) is 0.482. The van der Waals surface area contributed by atoms with Gasteiger partial charge in [-0.3, -0.25) is 6.79 Å². The molecule has 1 N–H and O–H groups in total. The summed E-state index contributed by atoms with van der Waals surface area (Å²) in [6.45, 7) is 3.25. The van der Waals surface area contributed by atoms with E-state index in [0.717, 1.165) is 0 Å². The minimum atomic E-state index is 0. The minimum Gasteiger partial charge on any atom is -0.545 e. The molecule has 1 aromatic rings. The first-order valence-electron chi connectivity index (χ1n) is 2.37. The van der Waals surface area contributed by atoms with Gasteiger partial charge in [-0.25, -0.2) is 0 Å². The molecule has 2 nitrogen and oxygen atoms in total. The maximum atomic E-state index is 8.63. The Hall–Kier alpha value is -0.804. The topological polar surface area (TPSA) is 37.3 Å². The Bertz CT molecular complexity index is 153. The van der Waals surface area contributed by atoms with Crippen LogP contribution >= 0.6 is 0 Å². The number of rotatable bonds is 0. The first kappa shape index (κ1) is 11.9. The largest absolute Gasteiger partial charge is 0.545 e. The van der Waals surface area contributed by atoms with Crippen molar-refractivity contribution in [3.05, 3.63) is 30.3 Å². The standard InChI is InChI=1S/C6H6O.CHO.Co/c7-6-4-2-1-3-5-6;1-2;/h1-5,7H;1H;/q;-1;. The molecule has 0 fully saturated rings. The summed E-state index contributed by atoms with van der Waals surface area (Å²) < 4.78 is 0. The minimum absolute atomic E-state index is 0. The van der Waals surface area contributed by atoms with Crippen LogP contribution in [0, 0.1) is 0 Å². The van der Waals surface area contributed by atoms with Crippen molar-refractivity contribution in [1.82, 2.24) is 0 Å². The number of carbonyl (C=O) groups excluding carboxylic acids is 1. The SMILES string of the molecule is Oc1ccccc1.[CH-]=O.[Co]. The van der Waals surface area contributed by atoms with Crippen molar-refractivity contribution >= 4 is 6.79 Å². The summed E-state index contributed by atoms with van der Waals surface area (Å²) >= 11 is 0. The van der Waals surface area contributed by atoms with Gasteiger partial charge in [-0.2, -0.15) is 0 Å². The molecule has 0 amide bonds. The second-order valence-electron chi connectivity index (χ2n) is 1.34. The molecule has 0 aliphatic rings. The van der Waals surface area contributed by atoms with Crippen LogP contribution in [0.2, 0.25) is 0 Å². The molecule has 0 heterocycles. The van der Waals surface area contributed by atoms with E-state index in [0.29, 0.717) is 5.75 Å². The number of hydrogen-bond acceptors (Lipinski definition) is 2. The van der Waals surface area contributed by atoms with Crippen LogP contribution in [-0.4, -0.2) is 11.9 Å². The van der Waals surface area contributed by atoms with Crippen molar-refractivity contribution in [2.75, 3.05) is 0 Å². The molecule has 0 aromatic heterocycles. The molecule has 1 radical (unpaired) electrons. The van der Waals surface area contributed by atoms with Crippen molar-refractivity contribution < 1.29 is 26.7 Å². The number of hydrogen-bond donors (Lipinski definition) is 1. The second kappa shape index (κ2) is 8.20. The molecule has 10 heavy (non-hydrogen) atoms. The fourth-order valence-electron chi connectivity index (χ4n) is 0.428. The summed E-state index contributed by atoms with van der Waals surface area (Å²) in [5.74, 6) is 0.322. The molecular formula is C7H7CoO2-. The van der Waals surface area contributed by atoms with Gasteiger partial charge in [0.25, 0.3) is 0 Å². The first-order valence-corrected chi connectivity index (χ1v) is 2.37. The van der Waals surface area contributed by atoms with E-state index in [1.807, 2.05) is 6.07 Å². The van der Waals surface area contributed by atoms with Crippen LogP contribution in [-0.2, 0) is 21.6 Å². The van der Waals surface area contributed by atoms with Crippen molar-refractivity contribution in [3.63, 3.8) is 0 Å². The molecule has 0 aliphatic carbocycles. The van der Waals surface area contributed by atoms with Gasteiger partial charge in [0.05, 0.1) is 0 Å². The van der Waals surface area contributed by atoms with E-state index in [1.165, 1.54) is 0 Å². The zero-order valence-corrected chi connectivity index (χ0v) is 6.19. The molecule has 0 saturated carbocycles. The third-order valence-corrected chi connectivity index (χ3v) is 0.756. The third kappa shape index (κ3) is 5.34. The van der Waals surface area contributed by atoms with Crippen molar-refractivity contribution in [1.29, 1.82) is 0 Å². The van der Waals surface area contributed by atoms with E-state index in [9.17, 15) is 0 Å². The van der Waals surface area contributed by atoms with E-state index in [-0.39, 0.29) is 16.8 Å². The Balaban J connectivity index is 0. The van der Waals surface area contributed by atoms with Crippen LogP contribution in [0.4, 0.5) is 0 Å². The van der Waals surface area contributed by atoms with E-state index >= 15 is 0 Å². The molecule has 1 rings (SSSR count). The zero-order chi connectivity index (χ0) is 7.11. The smallest absolute Gasteiger partial charge is 0.115 e. The number of phenolic OH excluding ortho intramolecular Hbond substituents is 1. The maximum absolute atomic E-state index is 8.63. The zero-order valence-electron chi connectivity index (χ0n) is 5.15. The fourth-order valence-corrected chi connectivity index (χ4v) is 0.428. The van der Waals surface area contributed by atoms with E-state index in [2.05, 4.69) is 6.79 Å². The summed E-state index contributed by atoms with van der Waals surface area (Å²) in [5.41, 5.74) is 0. The molecule has 0 unspecified atom stereocenters. The van der Waals surface area contributed by atoms with Crippen molar-refractivity contribution in [3.8, 4) is 5.75 Å². The van der Waals surface area contributed by atoms with Gasteiger partial charge in [0.1, 0.15) is 5.75 Å². The van der Waals surface area contributed by atoms with Crippen LogP contribution in [0.15, 0.2) is 30.3 Å². The Morgan fingerprint density at radius 3 is 1.70 bits per heavy atom. The average molecular weight is 182 g/mol. The predicted molar refractivity (Wildman–Crippen MR) is 34.9 cm³/mol. The van der Waals surface area contributed by atoms with Gasteiger partial charge in [-0.1, -0.05) is 18.2 Å². The Labute approximate surface area is 70.1 Å². The Morgan fingerprint density at radius 2 is 1.50 bits per heavy atom. The van der Waals surface area contributed by atoms with E-state index < -0.39 is 0 Å². The summed E-state index contributed by atoms with van der Waals surface area (Å²) in [6.07, 6.45) is 0. The van der Waals surface area contributed by atoms with Crippen LogP contribution in [0.1, 0.15) is 0 Å². The van der Waals surface area contributed by atoms with E-state index in [4.69, 9.17) is 9.90 Å². The first-order chi connectivity index (χ1) is 4.39. The van der Waals surface area contributed by atoms with Crippen LogP contribution in [0.3, 0.4) is 0 Å². The maximum Gasteiger partial charge on any atom is 0.115 e. The fraction of sp³-hybridized carbons (Fsp3) is 0. The van der Waals surface area contributed by atoms with Crippen molar-refractivity contribution in [2.45, 2.75) is 0 Å². The average Bonchev–Trinajstić information content (AvgIpc) is 1.94. The molecule has 0 atom stereocenters. The number of para-hydroxylation sites is 1. The summed E-state index contributed by atoms with van der Waals surface area (Å²) in [5, 5.41) is 8.63. The number of phenols is 1. The monoisotopic (exact) mass is 182 g/mol. The summed E-state index contributed by atoms with van der Waals surface area (Å²) in [4.78, 5) is 7.75. The molecule has 0 aliphatic heterocycles. The van der Waals surface area contributed by atoms with Crippen LogP contribution in [0.25, 0.3) is 0 Å². The molecule has 0 bridgehead atoms. The second-order valence-corrected chi connectivity index (χ2v) is 1.34. The van der Waals surface area contributed by atoms with Gasteiger partial charge in [0, 0.05) is 16.8 Å². The van der Waals surface area contributed by atoms with Gasteiger partial charge in [0.15, 0.2) is 0 Å². The van der Waals surface area contributed by atoms with Gasteiger partial charge in [0.2, 0.25) is 0 Å². The molecular weight excluding hydrogens is 175 g/mol. The molecule has 0 saturated heterocycles.